The van der Waals surface area contributed by atoms with E-state index in [0.717, 1.165) is 25.7 Å². The molecule has 6 nitrogen and oxygen atoms in total. The molecule has 1 saturated carbocycles. The largest absolute Gasteiger partial charge is 0.469 e. The Kier molecular flexibility index (Phi) is 5.55. The lowest BCUT2D eigenvalue weighted by Gasteiger charge is -2.28. The molecule has 18 heavy (non-hydrogen) atoms. The van der Waals surface area contributed by atoms with Gasteiger partial charge in [-0.1, -0.05) is 12.8 Å². The first-order chi connectivity index (χ1) is 8.39. The van der Waals surface area contributed by atoms with Crippen molar-refractivity contribution in [3.8, 4) is 0 Å². The first-order valence-electron chi connectivity index (χ1n) is 6.15. The molecule has 0 heterocycles. The molecular formula is C11H22N2O4S. The lowest BCUT2D eigenvalue weighted by molar-refractivity contribution is -0.140. The number of ether oxygens (including phenoxy) is 1. The van der Waals surface area contributed by atoms with Crippen LogP contribution in [0.4, 0.5) is 0 Å². The standard InChI is InChI=1S/C11H22N2O4S/c1-12(9-8-11(14)17-3)18(15,16)13(2)10-6-4-5-7-10/h10H,4-9H2,1-3H3. The molecule has 0 bridgehead atoms. The Morgan fingerprint density at radius 3 is 2.33 bits per heavy atom. The van der Waals surface area contributed by atoms with Crippen molar-refractivity contribution >= 4 is 16.2 Å². The normalized spacial score (nSPS) is 17.6. The Labute approximate surface area is 109 Å². The van der Waals surface area contributed by atoms with Gasteiger partial charge in [0.1, 0.15) is 0 Å². The average Bonchev–Trinajstić information content (AvgIpc) is 2.87. The summed E-state index contributed by atoms with van der Waals surface area (Å²) in [5.41, 5.74) is 0. The van der Waals surface area contributed by atoms with Crippen LogP contribution in [0.1, 0.15) is 32.1 Å². The highest BCUT2D eigenvalue weighted by Gasteiger charge is 2.31. The number of esters is 1. The van der Waals surface area contributed by atoms with Gasteiger partial charge in [-0.25, -0.2) is 0 Å². The lowest BCUT2D eigenvalue weighted by Crippen LogP contribution is -2.44. The molecule has 0 radical (unpaired) electrons. The lowest BCUT2D eigenvalue weighted by atomic mass is 10.3. The summed E-state index contributed by atoms with van der Waals surface area (Å²) in [4.78, 5) is 11.0. The fourth-order valence-corrected chi connectivity index (χ4v) is 3.49. The maximum absolute atomic E-state index is 12.2. The summed E-state index contributed by atoms with van der Waals surface area (Å²) in [6, 6.07) is 0.0931. The molecule has 0 saturated heterocycles. The van der Waals surface area contributed by atoms with Crippen LogP contribution in [-0.2, 0) is 19.7 Å². The third kappa shape index (κ3) is 3.66. The zero-order chi connectivity index (χ0) is 13.8. The van der Waals surface area contributed by atoms with E-state index in [2.05, 4.69) is 4.74 Å². The summed E-state index contributed by atoms with van der Waals surface area (Å²) in [7, 11) is 0.927. The number of carbonyl (C=O) groups excluding carboxylic acids is 1. The number of hydrogen-bond donors (Lipinski definition) is 0. The van der Waals surface area contributed by atoms with Gasteiger partial charge in [0.2, 0.25) is 0 Å². The van der Waals surface area contributed by atoms with Crippen LogP contribution in [0.25, 0.3) is 0 Å². The van der Waals surface area contributed by atoms with Gasteiger partial charge in [-0.05, 0) is 12.8 Å². The maximum atomic E-state index is 12.2. The molecule has 0 amide bonds. The fraction of sp³-hybridized carbons (Fsp3) is 0.909. The number of methoxy groups -OCH3 is 1. The van der Waals surface area contributed by atoms with Crippen molar-refractivity contribution in [2.45, 2.75) is 38.1 Å². The molecule has 1 aliphatic rings. The van der Waals surface area contributed by atoms with Crippen molar-refractivity contribution in [1.29, 1.82) is 0 Å². The van der Waals surface area contributed by atoms with E-state index in [0.29, 0.717) is 0 Å². The molecule has 0 atom stereocenters. The molecule has 1 rings (SSSR count). The van der Waals surface area contributed by atoms with Gasteiger partial charge in [-0.3, -0.25) is 4.79 Å². The fourth-order valence-electron chi connectivity index (χ4n) is 2.14. The average molecular weight is 278 g/mol. The van der Waals surface area contributed by atoms with E-state index in [9.17, 15) is 13.2 Å². The minimum Gasteiger partial charge on any atom is -0.469 e. The van der Waals surface area contributed by atoms with Crippen LogP contribution in [-0.4, -0.2) is 56.8 Å². The van der Waals surface area contributed by atoms with Gasteiger partial charge in [-0.2, -0.15) is 17.0 Å². The summed E-state index contributed by atoms with van der Waals surface area (Å²) in [5, 5.41) is 0. The van der Waals surface area contributed by atoms with Crippen LogP contribution in [0.3, 0.4) is 0 Å². The molecule has 0 aromatic rings. The van der Waals surface area contributed by atoms with Gasteiger partial charge in [0.05, 0.1) is 13.5 Å². The van der Waals surface area contributed by atoms with E-state index in [1.807, 2.05) is 0 Å². The second kappa shape index (κ2) is 6.49. The number of hydrogen-bond acceptors (Lipinski definition) is 4. The topological polar surface area (TPSA) is 66.9 Å². The van der Waals surface area contributed by atoms with Gasteiger partial charge in [0, 0.05) is 26.7 Å². The zero-order valence-electron chi connectivity index (χ0n) is 11.3. The van der Waals surface area contributed by atoms with Gasteiger partial charge in [0.25, 0.3) is 10.2 Å². The smallest absolute Gasteiger partial charge is 0.306 e. The first kappa shape index (κ1) is 15.4. The van der Waals surface area contributed by atoms with Crippen LogP contribution < -0.4 is 0 Å². The highest BCUT2D eigenvalue weighted by molar-refractivity contribution is 7.86. The predicted molar refractivity (Wildman–Crippen MR) is 68.2 cm³/mol. The Hall–Kier alpha value is -0.660. The third-order valence-electron chi connectivity index (χ3n) is 3.46. The molecule has 0 aliphatic heterocycles. The van der Waals surface area contributed by atoms with E-state index < -0.39 is 16.2 Å². The van der Waals surface area contributed by atoms with Gasteiger partial charge in [0.15, 0.2) is 0 Å². The molecule has 0 aromatic carbocycles. The van der Waals surface area contributed by atoms with Crippen LogP contribution in [0.2, 0.25) is 0 Å². The first-order valence-corrected chi connectivity index (χ1v) is 7.55. The second-order valence-corrected chi connectivity index (χ2v) is 6.70. The third-order valence-corrected chi connectivity index (χ3v) is 5.45. The monoisotopic (exact) mass is 278 g/mol. The molecular weight excluding hydrogens is 256 g/mol. The van der Waals surface area contributed by atoms with Crippen LogP contribution in [0.5, 0.6) is 0 Å². The molecule has 0 spiro atoms. The van der Waals surface area contributed by atoms with Crippen LogP contribution in [0, 0.1) is 0 Å². The Morgan fingerprint density at radius 2 is 1.83 bits per heavy atom. The van der Waals surface area contributed by atoms with Crippen LogP contribution in [0.15, 0.2) is 0 Å². The van der Waals surface area contributed by atoms with Gasteiger partial charge in [-0.15, -0.1) is 0 Å². The predicted octanol–water partition coefficient (Wildman–Crippen LogP) is 0.600. The molecule has 106 valence electrons. The van der Waals surface area contributed by atoms with E-state index >= 15 is 0 Å². The zero-order valence-corrected chi connectivity index (χ0v) is 12.1. The van der Waals surface area contributed by atoms with Crippen molar-refractivity contribution in [2.75, 3.05) is 27.7 Å². The van der Waals surface area contributed by atoms with Crippen molar-refractivity contribution in [2.24, 2.45) is 0 Å². The second-order valence-electron chi connectivity index (χ2n) is 4.61. The van der Waals surface area contributed by atoms with Crippen molar-refractivity contribution < 1.29 is 17.9 Å². The summed E-state index contributed by atoms with van der Waals surface area (Å²) < 4.78 is 31.6. The summed E-state index contributed by atoms with van der Waals surface area (Å²) in [6.45, 7) is 0.145. The van der Waals surface area contributed by atoms with E-state index in [1.165, 1.54) is 22.8 Å². The number of rotatable bonds is 6. The van der Waals surface area contributed by atoms with Gasteiger partial charge >= 0.3 is 5.97 Å². The van der Waals surface area contributed by atoms with Crippen LogP contribution >= 0.6 is 0 Å². The molecule has 0 N–H and O–H groups in total. The Balaban J connectivity index is 2.58. The molecule has 0 unspecified atom stereocenters. The summed E-state index contributed by atoms with van der Waals surface area (Å²) >= 11 is 0. The Morgan fingerprint density at radius 1 is 1.28 bits per heavy atom. The number of carbonyl (C=O) groups is 1. The summed E-state index contributed by atoms with van der Waals surface area (Å²) in [5.74, 6) is -0.402. The van der Waals surface area contributed by atoms with Crippen molar-refractivity contribution in [1.82, 2.24) is 8.61 Å². The molecule has 0 aromatic heterocycles. The SMILES string of the molecule is COC(=O)CCN(C)S(=O)(=O)N(C)C1CCCC1. The summed E-state index contributed by atoms with van der Waals surface area (Å²) in [6.07, 6.45) is 4.07. The molecule has 1 aliphatic carbocycles. The Bertz CT molecular complexity index is 377. The quantitative estimate of drug-likeness (QED) is 0.667. The van der Waals surface area contributed by atoms with Crippen molar-refractivity contribution in [3.05, 3.63) is 0 Å². The highest BCUT2D eigenvalue weighted by Crippen LogP contribution is 2.25. The highest BCUT2D eigenvalue weighted by atomic mass is 32.2. The van der Waals surface area contributed by atoms with Crippen molar-refractivity contribution in [3.63, 3.8) is 0 Å². The minimum absolute atomic E-state index is 0.0741. The molecule has 1 fully saturated rings. The van der Waals surface area contributed by atoms with E-state index in [4.69, 9.17) is 0 Å². The van der Waals surface area contributed by atoms with E-state index in [-0.39, 0.29) is 19.0 Å². The van der Waals surface area contributed by atoms with Gasteiger partial charge < -0.3 is 4.74 Å². The van der Waals surface area contributed by atoms with E-state index in [1.54, 1.807) is 7.05 Å². The maximum Gasteiger partial charge on any atom is 0.306 e. The number of nitrogens with zero attached hydrogens (tertiary/aromatic N) is 2. The minimum atomic E-state index is -3.47. The molecule has 7 heteroatoms.